The molecule has 35 heavy (non-hydrogen) atoms. The molecule has 0 bridgehead atoms. The maximum atomic E-state index is 12.5. The van der Waals surface area contributed by atoms with Crippen molar-refractivity contribution in [2.75, 3.05) is 39.0 Å². The zero-order valence-corrected chi connectivity index (χ0v) is 22.9. The molecule has 2 unspecified atom stereocenters. The molecule has 6 nitrogen and oxygen atoms in total. The van der Waals surface area contributed by atoms with E-state index in [-0.39, 0.29) is 28.8 Å². The fourth-order valence-electron chi connectivity index (χ4n) is 7.57. The van der Waals surface area contributed by atoms with Crippen LogP contribution >= 0.6 is 0 Å². The van der Waals surface area contributed by atoms with Gasteiger partial charge in [-0.2, -0.15) is 4.31 Å². The molecule has 4 rings (SSSR count). The lowest BCUT2D eigenvalue weighted by molar-refractivity contribution is -0.139. The summed E-state index contributed by atoms with van der Waals surface area (Å²) < 4.78 is 30.4. The van der Waals surface area contributed by atoms with Crippen molar-refractivity contribution in [3.8, 4) is 0 Å². The van der Waals surface area contributed by atoms with Crippen molar-refractivity contribution in [2.45, 2.75) is 65.7 Å². The number of allylic oxidation sites excluding steroid dienone is 4. The molecule has 0 amide bonds. The van der Waals surface area contributed by atoms with Crippen LogP contribution in [0.2, 0.25) is 0 Å². The molecule has 0 radical (unpaired) electrons. The molecule has 0 aromatic carbocycles. The number of hydrogen-bond donors (Lipinski definition) is 0. The molecule has 4 aliphatic rings. The summed E-state index contributed by atoms with van der Waals surface area (Å²) in [6.45, 7) is 13.4. The van der Waals surface area contributed by atoms with Gasteiger partial charge in [-0.3, -0.25) is 9.69 Å². The average molecular weight is 505 g/mol. The lowest BCUT2D eigenvalue weighted by Gasteiger charge is -2.58. The zero-order chi connectivity index (χ0) is 25.5. The summed E-state index contributed by atoms with van der Waals surface area (Å²) in [6, 6.07) is 0. The smallest absolute Gasteiger partial charge is 0.324 e. The molecule has 2 saturated carbocycles. The predicted octanol–water partition coefficient (Wildman–Crippen LogP) is 4.76. The van der Waals surface area contributed by atoms with Gasteiger partial charge in [0.05, 0.1) is 19.1 Å². The minimum atomic E-state index is -3.17. The minimum absolute atomic E-state index is 0.0133. The van der Waals surface area contributed by atoms with Gasteiger partial charge in [0.2, 0.25) is 10.0 Å². The molecule has 1 aliphatic heterocycles. The van der Waals surface area contributed by atoms with Crippen LogP contribution in [-0.2, 0) is 19.6 Å². The third kappa shape index (κ3) is 5.47. The number of carbonyl (C=O) groups excluding carboxylic acids is 1. The van der Waals surface area contributed by atoms with Crippen LogP contribution in [0.15, 0.2) is 36.6 Å². The van der Waals surface area contributed by atoms with Gasteiger partial charge in [-0.05, 0) is 72.7 Å². The van der Waals surface area contributed by atoms with Crippen molar-refractivity contribution in [3.63, 3.8) is 0 Å². The van der Waals surface area contributed by atoms with E-state index >= 15 is 0 Å². The number of rotatable bonds is 6. The van der Waals surface area contributed by atoms with E-state index in [1.165, 1.54) is 42.7 Å². The van der Waals surface area contributed by atoms with Crippen LogP contribution in [0, 0.1) is 28.1 Å². The van der Waals surface area contributed by atoms with E-state index in [9.17, 15) is 13.2 Å². The highest BCUT2D eigenvalue weighted by molar-refractivity contribution is 7.88. The first-order valence-corrected chi connectivity index (χ1v) is 15.1. The van der Waals surface area contributed by atoms with Crippen LogP contribution in [-0.4, -0.2) is 62.6 Å². The molecule has 5 atom stereocenters. The van der Waals surface area contributed by atoms with E-state index in [4.69, 9.17) is 4.74 Å². The highest BCUT2D eigenvalue weighted by Crippen LogP contribution is 2.64. The molecule has 196 valence electrons. The Morgan fingerprint density at radius 2 is 1.89 bits per heavy atom. The molecule has 1 heterocycles. The molecular weight excluding hydrogens is 460 g/mol. The molecule has 1 saturated heterocycles. The molecule has 7 heteroatoms. The Kier molecular flexibility index (Phi) is 7.44. The average Bonchev–Trinajstić information content (AvgIpc) is 2.78. The number of fused-ring (bicyclic) bond motifs is 3. The number of sulfonamides is 1. The monoisotopic (exact) mass is 504 g/mol. The molecule has 0 aromatic heterocycles. The van der Waals surface area contributed by atoms with Gasteiger partial charge in [-0.25, -0.2) is 8.42 Å². The first-order valence-electron chi connectivity index (χ1n) is 13.3. The number of ether oxygens (including phenoxy) is 1. The third-order valence-electron chi connectivity index (χ3n) is 9.67. The number of esters is 1. The van der Waals surface area contributed by atoms with Gasteiger partial charge < -0.3 is 4.74 Å². The number of piperazine rings is 1. The van der Waals surface area contributed by atoms with Gasteiger partial charge in [-0.15, -0.1) is 6.58 Å². The summed E-state index contributed by atoms with van der Waals surface area (Å²) in [5.74, 6) is 0.942. The molecule has 0 aromatic rings. The van der Waals surface area contributed by atoms with Crippen molar-refractivity contribution in [1.82, 2.24) is 9.21 Å². The van der Waals surface area contributed by atoms with E-state index in [0.717, 1.165) is 12.8 Å². The quantitative estimate of drug-likeness (QED) is 0.297. The van der Waals surface area contributed by atoms with E-state index < -0.39 is 10.0 Å². The second-order valence-electron chi connectivity index (χ2n) is 12.3. The summed E-state index contributed by atoms with van der Waals surface area (Å²) in [5, 5.41) is 0. The Balaban J connectivity index is 1.37. The van der Waals surface area contributed by atoms with Crippen molar-refractivity contribution in [3.05, 3.63) is 36.6 Å². The summed E-state index contributed by atoms with van der Waals surface area (Å²) in [4.78, 5) is 14.5. The maximum absolute atomic E-state index is 12.5. The number of nitrogens with zero attached hydrogens (tertiary/aromatic N) is 2. The van der Waals surface area contributed by atoms with E-state index in [1.54, 1.807) is 11.8 Å². The lowest BCUT2D eigenvalue weighted by atomic mass is 9.46. The normalized spacial score (nSPS) is 38.9. The first kappa shape index (κ1) is 26.6. The van der Waals surface area contributed by atoms with Gasteiger partial charge in [0.15, 0.2) is 0 Å². The topological polar surface area (TPSA) is 66.9 Å². The SMILES string of the molecule is C=C[C@@]1(C)CC=C2C(CCC3[C@@]2(C)CCC[C@@]3(C)/C=C/OC(=O)CN2CCN(S(C)(=O)=O)CC2)C1. The minimum Gasteiger partial charge on any atom is -0.434 e. The lowest BCUT2D eigenvalue weighted by Crippen LogP contribution is -2.49. The Morgan fingerprint density at radius 1 is 1.17 bits per heavy atom. The zero-order valence-electron chi connectivity index (χ0n) is 22.1. The summed E-state index contributed by atoms with van der Waals surface area (Å²) in [5.41, 5.74) is 2.13. The van der Waals surface area contributed by atoms with Crippen LogP contribution in [0.5, 0.6) is 0 Å². The highest BCUT2D eigenvalue weighted by Gasteiger charge is 2.54. The Bertz CT molecular complexity index is 996. The van der Waals surface area contributed by atoms with Crippen LogP contribution in [0.1, 0.15) is 65.7 Å². The predicted molar refractivity (Wildman–Crippen MR) is 140 cm³/mol. The van der Waals surface area contributed by atoms with Crippen LogP contribution in [0.25, 0.3) is 0 Å². The van der Waals surface area contributed by atoms with Gasteiger partial charge in [0.25, 0.3) is 0 Å². The molecule has 3 fully saturated rings. The van der Waals surface area contributed by atoms with E-state index in [2.05, 4.69) is 45.6 Å². The fraction of sp³-hybridized carbons (Fsp3) is 0.750. The summed E-state index contributed by atoms with van der Waals surface area (Å²) >= 11 is 0. The standard InChI is InChI=1S/C28H44N2O4S/c1-6-26(2)13-10-23-22(20-26)8-9-24-27(3,11-7-12-28(23,24)4)14-19-34-25(31)21-29-15-17-30(18-16-29)35(5,32)33/h6,10,14,19,22,24H,1,7-9,11-13,15-18,20-21H2,2-5H3/b19-14+/t22?,24?,26-,27-,28-/m0/s1. The van der Waals surface area contributed by atoms with Gasteiger partial charge in [-0.1, -0.05) is 44.9 Å². The van der Waals surface area contributed by atoms with Crippen molar-refractivity contribution < 1.29 is 17.9 Å². The molecule has 3 aliphatic carbocycles. The van der Waals surface area contributed by atoms with Crippen LogP contribution in [0.3, 0.4) is 0 Å². The highest BCUT2D eigenvalue weighted by atomic mass is 32.2. The maximum Gasteiger partial charge on any atom is 0.324 e. The number of hydrogen-bond acceptors (Lipinski definition) is 5. The van der Waals surface area contributed by atoms with E-state index in [0.29, 0.717) is 38.0 Å². The second kappa shape index (κ2) is 9.79. The fourth-order valence-corrected chi connectivity index (χ4v) is 8.39. The van der Waals surface area contributed by atoms with Gasteiger partial charge in [0.1, 0.15) is 0 Å². The molecule has 0 spiro atoms. The van der Waals surface area contributed by atoms with Crippen molar-refractivity contribution >= 4 is 16.0 Å². The largest absolute Gasteiger partial charge is 0.434 e. The van der Waals surface area contributed by atoms with Crippen LogP contribution < -0.4 is 0 Å². The van der Waals surface area contributed by atoms with Crippen molar-refractivity contribution in [1.29, 1.82) is 0 Å². The number of carbonyl (C=O) groups is 1. The van der Waals surface area contributed by atoms with Gasteiger partial charge in [0, 0.05) is 26.2 Å². The Hall–Kier alpha value is -1.44. The summed E-state index contributed by atoms with van der Waals surface area (Å²) in [6.07, 6.45) is 18.0. The second-order valence-corrected chi connectivity index (χ2v) is 14.2. The van der Waals surface area contributed by atoms with Crippen molar-refractivity contribution in [2.24, 2.45) is 28.1 Å². The summed E-state index contributed by atoms with van der Waals surface area (Å²) in [7, 11) is -3.17. The Labute approximate surface area is 212 Å². The third-order valence-corrected chi connectivity index (χ3v) is 11.0. The van der Waals surface area contributed by atoms with E-state index in [1.807, 2.05) is 4.90 Å². The van der Waals surface area contributed by atoms with Crippen LogP contribution in [0.4, 0.5) is 0 Å². The molecule has 0 N–H and O–H groups in total. The molecular formula is C28H44N2O4S. The Morgan fingerprint density at radius 3 is 2.54 bits per heavy atom. The first-order chi connectivity index (χ1) is 16.4. The van der Waals surface area contributed by atoms with Gasteiger partial charge >= 0.3 is 5.97 Å².